The lowest BCUT2D eigenvalue weighted by Crippen LogP contribution is -2.08. The smallest absolute Gasteiger partial charge is 0.136 e. The fourth-order valence-corrected chi connectivity index (χ4v) is 1.94. The summed E-state index contributed by atoms with van der Waals surface area (Å²) in [6.45, 7) is 1.61. The molecule has 1 nitrogen and oxygen atoms in total. The zero-order valence-electron chi connectivity index (χ0n) is 10.1. The zero-order chi connectivity index (χ0) is 14.2. The Kier molecular flexibility index (Phi) is 3.57. The van der Waals surface area contributed by atoms with Crippen molar-refractivity contribution < 1.29 is 17.6 Å². The standard InChI is InChI=1S/C14H11F4N/c1-7(19)10-3-2-8(15)4-11(10)14-12(17)5-9(16)6-13(14)18/h2-7H,19H2,1H3. The van der Waals surface area contributed by atoms with Gasteiger partial charge in [0, 0.05) is 18.2 Å². The van der Waals surface area contributed by atoms with E-state index in [1.807, 2.05) is 0 Å². The molecule has 0 aliphatic heterocycles. The van der Waals surface area contributed by atoms with Crippen LogP contribution in [0.4, 0.5) is 17.6 Å². The molecule has 0 radical (unpaired) electrons. The Bertz CT molecular complexity index is 600. The molecule has 19 heavy (non-hydrogen) atoms. The molecule has 0 amide bonds. The first kappa shape index (κ1) is 13.5. The van der Waals surface area contributed by atoms with Crippen LogP contribution in [0.2, 0.25) is 0 Å². The number of halogens is 4. The molecule has 1 unspecified atom stereocenters. The van der Waals surface area contributed by atoms with Gasteiger partial charge >= 0.3 is 0 Å². The highest BCUT2D eigenvalue weighted by atomic mass is 19.1. The SMILES string of the molecule is CC(N)c1ccc(F)cc1-c1c(F)cc(F)cc1F. The van der Waals surface area contributed by atoms with E-state index in [1.54, 1.807) is 6.92 Å². The third-order valence-corrected chi connectivity index (χ3v) is 2.78. The summed E-state index contributed by atoms with van der Waals surface area (Å²) in [4.78, 5) is 0. The summed E-state index contributed by atoms with van der Waals surface area (Å²) in [6, 6.07) is 4.05. The van der Waals surface area contributed by atoms with Crippen molar-refractivity contribution in [3.05, 3.63) is 59.2 Å². The van der Waals surface area contributed by atoms with E-state index in [9.17, 15) is 17.6 Å². The second-order valence-electron chi connectivity index (χ2n) is 4.26. The van der Waals surface area contributed by atoms with Crippen molar-refractivity contribution in [2.24, 2.45) is 5.73 Å². The summed E-state index contributed by atoms with van der Waals surface area (Å²) in [5.74, 6) is -3.87. The molecule has 5 heteroatoms. The molecule has 0 aromatic heterocycles. The molecule has 0 bridgehead atoms. The fraction of sp³-hybridized carbons (Fsp3) is 0.143. The van der Waals surface area contributed by atoms with E-state index < -0.39 is 34.9 Å². The first-order valence-electron chi connectivity index (χ1n) is 5.60. The zero-order valence-corrected chi connectivity index (χ0v) is 10.1. The van der Waals surface area contributed by atoms with Crippen LogP contribution in [0.3, 0.4) is 0 Å². The summed E-state index contributed by atoms with van der Waals surface area (Å²) >= 11 is 0. The molecular weight excluding hydrogens is 258 g/mol. The summed E-state index contributed by atoms with van der Waals surface area (Å²) in [5, 5.41) is 0. The van der Waals surface area contributed by atoms with Crippen molar-refractivity contribution in [3.63, 3.8) is 0 Å². The van der Waals surface area contributed by atoms with Crippen LogP contribution in [0.5, 0.6) is 0 Å². The molecule has 2 rings (SSSR count). The van der Waals surface area contributed by atoms with Gasteiger partial charge in [-0.1, -0.05) is 6.07 Å². The summed E-state index contributed by atoms with van der Waals surface area (Å²) in [6.07, 6.45) is 0. The van der Waals surface area contributed by atoms with E-state index in [1.165, 1.54) is 6.07 Å². The highest BCUT2D eigenvalue weighted by Crippen LogP contribution is 2.32. The maximum absolute atomic E-state index is 13.7. The average Bonchev–Trinajstić information content (AvgIpc) is 2.27. The van der Waals surface area contributed by atoms with E-state index in [2.05, 4.69) is 0 Å². The number of nitrogens with two attached hydrogens (primary N) is 1. The normalized spacial score (nSPS) is 12.5. The molecule has 2 aromatic carbocycles. The van der Waals surface area contributed by atoms with Gasteiger partial charge in [-0.3, -0.25) is 0 Å². The van der Waals surface area contributed by atoms with E-state index in [0.29, 0.717) is 17.7 Å². The second-order valence-corrected chi connectivity index (χ2v) is 4.26. The van der Waals surface area contributed by atoms with Crippen LogP contribution < -0.4 is 5.73 Å². The van der Waals surface area contributed by atoms with Crippen LogP contribution in [-0.2, 0) is 0 Å². The van der Waals surface area contributed by atoms with Crippen molar-refractivity contribution in [2.75, 3.05) is 0 Å². The number of hydrogen-bond donors (Lipinski definition) is 1. The van der Waals surface area contributed by atoms with Crippen molar-refractivity contribution >= 4 is 0 Å². The van der Waals surface area contributed by atoms with Crippen LogP contribution in [0.25, 0.3) is 11.1 Å². The highest BCUT2D eigenvalue weighted by molar-refractivity contribution is 5.69. The number of hydrogen-bond acceptors (Lipinski definition) is 1. The van der Waals surface area contributed by atoms with E-state index in [4.69, 9.17) is 5.73 Å². The van der Waals surface area contributed by atoms with Gasteiger partial charge in [0.05, 0.1) is 5.56 Å². The predicted octanol–water partition coefficient (Wildman–Crippen LogP) is 3.93. The summed E-state index contributed by atoms with van der Waals surface area (Å²) < 4.78 is 53.6. The molecule has 0 saturated heterocycles. The molecule has 0 spiro atoms. The summed E-state index contributed by atoms with van der Waals surface area (Å²) in [5.41, 5.74) is 5.58. The van der Waals surface area contributed by atoms with E-state index >= 15 is 0 Å². The van der Waals surface area contributed by atoms with Crippen molar-refractivity contribution in [1.29, 1.82) is 0 Å². The quantitative estimate of drug-likeness (QED) is 0.821. The molecular formula is C14H11F4N. The van der Waals surface area contributed by atoms with E-state index in [0.717, 1.165) is 12.1 Å². The number of rotatable bonds is 2. The largest absolute Gasteiger partial charge is 0.324 e. The van der Waals surface area contributed by atoms with Crippen LogP contribution in [0.15, 0.2) is 30.3 Å². The van der Waals surface area contributed by atoms with Crippen molar-refractivity contribution in [1.82, 2.24) is 0 Å². The van der Waals surface area contributed by atoms with Gasteiger partial charge in [0.1, 0.15) is 23.3 Å². The number of benzene rings is 2. The minimum Gasteiger partial charge on any atom is -0.324 e. The Morgan fingerprint density at radius 2 is 1.47 bits per heavy atom. The minimum absolute atomic E-state index is 0.00926. The first-order valence-corrected chi connectivity index (χ1v) is 5.60. The van der Waals surface area contributed by atoms with Crippen LogP contribution in [0.1, 0.15) is 18.5 Å². The van der Waals surface area contributed by atoms with Crippen LogP contribution in [0, 0.1) is 23.3 Å². The Hall–Kier alpha value is -1.88. The predicted molar refractivity (Wildman–Crippen MR) is 64.3 cm³/mol. The first-order chi connectivity index (χ1) is 8.90. The highest BCUT2D eigenvalue weighted by Gasteiger charge is 2.18. The minimum atomic E-state index is -1.09. The Morgan fingerprint density at radius 3 is 2.00 bits per heavy atom. The lowest BCUT2D eigenvalue weighted by molar-refractivity contribution is 0.547. The Balaban J connectivity index is 2.75. The lowest BCUT2D eigenvalue weighted by Gasteiger charge is -2.14. The van der Waals surface area contributed by atoms with Gasteiger partial charge < -0.3 is 5.73 Å². The third-order valence-electron chi connectivity index (χ3n) is 2.78. The maximum Gasteiger partial charge on any atom is 0.136 e. The molecule has 0 aliphatic rings. The molecule has 2 N–H and O–H groups in total. The van der Waals surface area contributed by atoms with Gasteiger partial charge in [0.25, 0.3) is 0 Å². The monoisotopic (exact) mass is 269 g/mol. The van der Waals surface area contributed by atoms with Gasteiger partial charge in [-0.05, 0) is 30.2 Å². The fourth-order valence-electron chi connectivity index (χ4n) is 1.94. The molecule has 0 aliphatic carbocycles. The third kappa shape index (κ3) is 2.61. The molecule has 100 valence electrons. The van der Waals surface area contributed by atoms with Gasteiger partial charge in [-0.25, -0.2) is 17.6 Å². The molecule has 0 fully saturated rings. The van der Waals surface area contributed by atoms with Gasteiger partial charge in [0.2, 0.25) is 0 Å². The van der Waals surface area contributed by atoms with Crippen molar-refractivity contribution in [2.45, 2.75) is 13.0 Å². The topological polar surface area (TPSA) is 26.0 Å². The second kappa shape index (κ2) is 5.01. The molecule has 2 aromatic rings. The van der Waals surface area contributed by atoms with Crippen LogP contribution >= 0.6 is 0 Å². The van der Waals surface area contributed by atoms with Crippen LogP contribution in [-0.4, -0.2) is 0 Å². The summed E-state index contributed by atoms with van der Waals surface area (Å²) in [7, 11) is 0. The maximum atomic E-state index is 13.7. The Morgan fingerprint density at radius 1 is 0.895 bits per heavy atom. The Labute approximate surface area is 107 Å². The van der Waals surface area contributed by atoms with Gasteiger partial charge in [0.15, 0.2) is 0 Å². The average molecular weight is 269 g/mol. The van der Waals surface area contributed by atoms with E-state index in [-0.39, 0.29) is 5.56 Å². The van der Waals surface area contributed by atoms with Gasteiger partial charge in [-0.15, -0.1) is 0 Å². The molecule has 1 atom stereocenters. The lowest BCUT2D eigenvalue weighted by atomic mass is 9.95. The molecule has 0 saturated carbocycles. The van der Waals surface area contributed by atoms with Crippen molar-refractivity contribution in [3.8, 4) is 11.1 Å². The van der Waals surface area contributed by atoms with Gasteiger partial charge in [-0.2, -0.15) is 0 Å². The molecule has 0 heterocycles.